The Labute approximate surface area is 113 Å². The summed E-state index contributed by atoms with van der Waals surface area (Å²) < 4.78 is 0. The van der Waals surface area contributed by atoms with Crippen LogP contribution in [0.4, 0.5) is 11.4 Å². The second kappa shape index (κ2) is 5.93. The zero-order valence-corrected chi connectivity index (χ0v) is 11.0. The number of carbonyl (C=O) groups excluding carboxylic acids is 1. The molecular formula is C14H21N3O2. The smallest absolute Gasteiger partial charge is 0.250 e. The zero-order valence-electron chi connectivity index (χ0n) is 11.0. The summed E-state index contributed by atoms with van der Waals surface area (Å²) in [6.45, 7) is 0.502. The number of amides is 1. The van der Waals surface area contributed by atoms with Crippen molar-refractivity contribution in [3.63, 3.8) is 0 Å². The van der Waals surface area contributed by atoms with Crippen molar-refractivity contribution < 1.29 is 9.90 Å². The summed E-state index contributed by atoms with van der Waals surface area (Å²) in [5.74, 6) is -0.483. The Hall–Kier alpha value is -1.75. The highest BCUT2D eigenvalue weighted by atomic mass is 16.3. The molecular weight excluding hydrogens is 242 g/mol. The van der Waals surface area contributed by atoms with E-state index in [1.807, 2.05) is 4.90 Å². The number of nitrogens with zero attached hydrogens (tertiary/aromatic N) is 1. The Kier molecular flexibility index (Phi) is 4.27. The molecule has 1 aliphatic carbocycles. The number of carbonyl (C=O) groups is 1. The van der Waals surface area contributed by atoms with Crippen LogP contribution >= 0.6 is 0 Å². The van der Waals surface area contributed by atoms with E-state index in [1.165, 1.54) is 12.8 Å². The van der Waals surface area contributed by atoms with Gasteiger partial charge in [0.05, 0.1) is 23.5 Å². The highest BCUT2D eigenvalue weighted by Crippen LogP contribution is 2.34. The lowest BCUT2D eigenvalue weighted by atomic mass is 10.1. The Morgan fingerprint density at radius 3 is 2.63 bits per heavy atom. The van der Waals surface area contributed by atoms with Gasteiger partial charge in [0.25, 0.3) is 5.91 Å². The fourth-order valence-electron chi connectivity index (χ4n) is 2.88. The average molecular weight is 263 g/mol. The van der Waals surface area contributed by atoms with Crippen LogP contribution in [0.2, 0.25) is 0 Å². The van der Waals surface area contributed by atoms with Crippen molar-refractivity contribution in [2.24, 2.45) is 5.73 Å². The van der Waals surface area contributed by atoms with Crippen molar-refractivity contribution in [2.75, 3.05) is 23.8 Å². The van der Waals surface area contributed by atoms with Crippen LogP contribution in [0.1, 0.15) is 36.0 Å². The molecule has 104 valence electrons. The molecule has 1 aromatic rings. The number of benzene rings is 1. The molecule has 0 aliphatic heterocycles. The number of rotatable bonds is 5. The van der Waals surface area contributed by atoms with Crippen LogP contribution in [-0.4, -0.2) is 30.2 Å². The maximum atomic E-state index is 11.6. The summed E-state index contributed by atoms with van der Waals surface area (Å²) >= 11 is 0. The van der Waals surface area contributed by atoms with Crippen LogP contribution in [0.5, 0.6) is 0 Å². The molecule has 0 unspecified atom stereocenters. The molecule has 1 fully saturated rings. The lowest BCUT2D eigenvalue weighted by Gasteiger charge is -2.32. The number of hydrogen-bond acceptors (Lipinski definition) is 4. The second-order valence-electron chi connectivity index (χ2n) is 4.96. The van der Waals surface area contributed by atoms with Gasteiger partial charge in [-0.15, -0.1) is 0 Å². The number of nitrogen functional groups attached to an aromatic ring is 1. The number of primary amides is 1. The van der Waals surface area contributed by atoms with Crippen LogP contribution in [-0.2, 0) is 0 Å². The van der Waals surface area contributed by atoms with Crippen molar-refractivity contribution in [1.82, 2.24) is 0 Å². The van der Waals surface area contributed by atoms with Crippen molar-refractivity contribution in [3.05, 3.63) is 23.8 Å². The lowest BCUT2D eigenvalue weighted by Crippen LogP contribution is -2.37. The Morgan fingerprint density at radius 2 is 2.05 bits per heavy atom. The van der Waals surface area contributed by atoms with E-state index in [0.29, 0.717) is 29.5 Å². The molecule has 0 spiro atoms. The highest BCUT2D eigenvalue weighted by Gasteiger charge is 2.26. The molecule has 1 aliphatic rings. The summed E-state index contributed by atoms with van der Waals surface area (Å²) in [5, 5.41) is 9.28. The van der Waals surface area contributed by atoms with Gasteiger partial charge in [0.15, 0.2) is 0 Å². The first-order chi connectivity index (χ1) is 9.15. The van der Waals surface area contributed by atoms with E-state index in [4.69, 9.17) is 11.5 Å². The van der Waals surface area contributed by atoms with Gasteiger partial charge in [-0.3, -0.25) is 4.79 Å². The molecule has 0 heterocycles. The van der Waals surface area contributed by atoms with Crippen LogP contribution < -0.4 is 16.4 Å². The third kappa shape index (κ3) is 2.81. The predicted molar refractivity (Wildman–Crippen MR) is 76.1 cm³/mol. The Bertz CT molecular complexity index is 456. The number of para-hydroxylation sites is 1. The minimum atomic E-state index is -0.483. The fraction of sp³-hybridized carbons (Fsp3) is 0.500. The molecule has 5 nitrogen and oxygen atoms in total. The Balaban J connectivity index is 2.42. The van der Waals surface area contributed by atoms with Gasteiger partial charge in [-0.2, -0.15) is 0 Å². The van der Waals surface area contributed by atoms with Crippen molar-refractivity contribution in [3.8, 4) is 0 Å². The summed E-state index contributed by atoms with van der Waals surface area (Å²) in [4.78, 5) is 13.6. The van der Waals surface area contributed by atoms with E-state index in [2.05, 4.69) is 0 Å². The number of anilines is 2. The topological polar surface area (TPSA) is 92.6 Å². The largest absolute Gasteiger partial charge is 0.397 e. The van der Waals surface area contributed by atoms with E-state index in [9.17, 15) is 9.90 Å². The number of aliphatic hydroxyl groups is 1. The molecule has 1 saturated carbocycles. The van der Waals surface area contributed by atoms with Gasteiger partial charge >= 0.3 is 0 Å². The summed E-state index contributed by atoms with van der Waals surface area (Å²) in [5.41, 5.74) is 13.1. The molecule has 1 amide bonds. The molecule has 0 radical (unpaired) electrons. The minimum absolute atomic E-state index is 0.0308. The van der Waals surface area contributed by atoms with Gasteiger partial charge in [0.1, 0.15) is 0 Å². The van der Waals surface area contributed by atoms with Gasteiger partial charge < -0.3 is 21.5 Å². The molecule has 0 atom stereocenters. The first-order valence-electron chi connectivity index (χ1n) is 6.71. The molecule has 0 aromatic heterocycles. The van der Waals surface area contributed by atoms with E-state index >= 15 is 0 Å². The Morgan fingerprint density at radius 1 is 1.37 bits per heavy atom. The minimum Gasteiger partial charge on any atom is -0.397 e. The van der Waals surface area contributed by atoms with E-state index < -0.39 is 5.91 Å². The van der Waals surface area contributed by atoms with Crippen LogP contribution in [0.15, 0.2) is 18.2 Å². The average Bonchev–Trinajstić information content (AvgIpc) is 2.89. The zero-order chi connectivity index (χ0) is 13.8. The highest BCUT2D eigenvalue weighted by molar-refractivity contribution is 6.01. The number of hydrogen-bond donors (Lipinski definition) is 3. The molecule has 5 heteroatoms. The van der Waals surface area contributed by atoms with Crippen LogP contribution in [0.25, 0.3) is 0 Å². The van der Waals surface area contributed by atoms with Crippen LogP contribution in [0, 0.1) is 0 Å². The van der Waals surface area contributed by atoms with Gasteiger partial charge in [-0.1, -0.05) is 18.9 Å². The molecule has 0 saturated heterocycles. The molecule has 1 aromatic carbocycles. The SMILES string of the molecule is NC(=O)c1cccc(N)c1N(CCO)C1CCCC1. The van der Waals surface area contributed by atoms with Crippen molar-refractivity contribution >= 4 is 17.3 Å². The molecule has 0 bridgehead atoms. The molecule has 5 N–H and O–H groups in total. The van der Waals surface area contributed by atoms with E-state index in [-0.39, 0.29) is 6.61 Å². The quantitative estimate of drug-likeness (QED) is 0.694. The first kappa shape index (κ1) is 13.7. The molecule has 19 heavy (non-hydrogen) atoms. The second-order valence-corrected chi connectivity index (χ2v) is 4.96. The number of nitrogens with two attached hydrogens (primary N) is 2. The van der Waals surface area contributed by atoms with Crippen molar-refractivity contribution in [2.45, 2.75) is 31.7 Å². The third-order valence-corrected chi connectivity index (χ3v) is 3.73. The monoisotopic (exact) mass is 263 g/mol. The first-order valence-corrected chi connectivity index (χ1v) is 6.71. The molecule has 2 rings (SSSR count). The van der Waals surface area contributed by atoms with Gasteiger partial charge in [0, 0.05) is 12.6 Å². The van der Waals surface area contributed by atoms with Crippen molar-refractivity contribution in [1.29, 1.82) is 0 Å². The maximum Gasteiger partial charge on any atom is 0.250 e. The lowest BCUT2D eigenvalue weighted by molar-refractivity contribution is 0.100. The third-order valence-electron chi connectivity index (χ3n) is 3.73. The summed E-state index contributed by atoms with van der Waals surface area (Å²) in [7, 11) is 0. The van der Waals surface area contributed by atoms with Gasteiger partial charge in [-0.05, 0) is 25.0 Å². The predicted octanol–water partition coefficient (Wildman–Crippen LogP) is 1.11. The van der Waals surface area contributed by atoms with Gasteiger partial charge in [-0.25, -0.2) is 0 Å². The summed E-state index contributed by atoms with van der Waals surface area (Å²) in [6, 6.07) is 5.51. The summed E-state index contributed by atoms with van der Waals surface area (Å²) in [6.07, 6.45) is 4.47. The maximum absolute atomic E-state index is 11.6. The van der Waals surface area contributed by atoms with Crippen LogP contribution in [0.3, 0.4) is 0 Å². The standard InChI is InChI=1S/C14H21N3O2/c15-12-7-3-6-11(14(16)19)13(12)17(8-9-18)10-4-1-2-5-10/h3,6-7,10,18H,1-2,4-5,8-9,15H2,(H2,16,19). The fourth-order valence-corrected chi connectivity index (χ4v) is 2.88. The van der Waals surface area contributed by atoms with Gasteiger partial charge in [0.2, 0.25) is 0 Å². The van der Waals surface area contributed by atoms with E-state index in [1.54, 1.807) is 18.2 Å². The normalized spacial score (nSPS) is 15.6. The van der Waals surface area contributed by atoms with E-state index in [0.717, 1.165) is 12.8 Å². The number of aliphatic hydroxyl groups excluding tert-OH is 1.